The third-order valence-electron chi connectivity index (χ3n) is 4.68. The number of carbonyl (C=O) groups excluding carboxylic acids is 3. The van der Waals surface area contributed by atoms with Crippen molar-refractivity contribution in [2.75, 3.05) is 13.1 Å². The van der Waals surface area contributed by atoms with E-state index < -0.39 is 27.8 Å². The van der Waals surface area contributed by atoms with Gasteiger partial charge in [0.15, 0.2) is 0 Å². The molecule has 0 spiro atoms. The zero-order valence-electron chi connectivity index (χ0n) is 14.7. The summed E-state index contributed by atoms with van der Waals surface area (Å²) in [6, 6.07) is 7.45. The van der Waals surface area contributed by atoms with Gasteiger partial charge in [-0.1, -0.05) is 23.6 Å². The van der Waals surface area contributed by atoms with Crippen molar-refractivity contribution in [3.8, 4) is 0 Å². The normalized spacial score (nSPS) is 17.6. The average molecular weight is 420 g/mol. The number of sulfonamides is 1. The van der Waals surface area contributed by atoms with E-state index in [4.69, 9.17) is 4.84 Å². The fraction of sp³-hybridized carbons (Fsp3) is 0.278. The predicted octanol–water partition coefficient (Wildman–Crippen LogP) is 2.29. The molecule has 3 heterocycles. The lowest BCUT2D eigenvalue weighted by atomic mass is 10.1. The summed E-state index contributed by atoms with van der Waals surface area (Å²) in [5.74, 6) is -2.57. The van der Waals surface area contributed by atoms with Gasteiger partial charge in [-0.2, -0.15) is 4.31 Å². The highest BCUT2D eigenvalue weighted by atomic mass is 32.2. The van der Waals surface area contributed by atoms with E-state index in [2.05, 4.69) is 0 Å². The van der Waals surface area contributed by atoms with E-state index in [1.54, 1.807) is 12.1 Å². The fourth-order valence-electron chi connectivity index (χ4n) is 3.27. The number of imide groups is 1. The summed E-state index contributed by atoms with van der Waals surface area (Å²) in [6.07, 6.45) is 2.49. The zero-order valence-corrected chi connectivity index (χ0v) is 16.3. The molecule has 0 aliphatic carbocycles. The first-order chi connectivity index (χ1) is 13.4. The van der Waals surface area contributed by atoms with Crippen LogP contribution >= 0.6 is 11.3 Å². The first-order valence-corrected chi connectivity index (χ1v) is 11.0. The number of thiophene rings is 1. The minimum absolute atomic E-state index is 0.132. The van der Waals surface area contributed by atoms with Crippen molar-refractivity contribution in [1.82, 2.24) is 9.37 Å². The summed E-state index contributed by atoms with van der Waals surface area (Å²) in [5.41, 5.74) is 0.264. The number of nitrogens with zero attached hydrogens (tertiary/aromatic N) is 2. The smallest absolute Gasteiger partial charge is 0.323 e. The molecular weight excluding hydrogens is 404 g/mol. The van der Waals surface area contributed by atoms with Gasteiger partial charge in [0.2, 0.25) is 10.0 Å². The van der Waals surface area contributed by atoms with Gasteiger partial charge in [-0.05, 0) is 36.4 Å². The molecule has 1 aromatic carbocycles. The van der Waals surface area contributed by atoms with Crippen molar-refractivity contribution in [2.45, 2.75) is 24.2 Å². The van der Waals surface area contributed by atoms with E-state index >= 15 is 0 Å². The number of carbonyl (C=O) groups is 3. The van der Waals surface area contributed by atoms with E-state index in [-0.39, 0.29) is 20.9 Å². The molecule has 0 atom stereocenters. The first-order valence-electron chi connectivity index (χ1n) is 8.69. The predicted molar refractivity (Wildman–Crippen MR) is 99.3 cm³/mol. The lowest BCUT2D eigenvalue weighted by molar-refractivity contribution is -0.0583. The van der Waals surface area contributed by atoms with Gasteiger partial charge in [0.05, 0.1) is 11.1 Å². The maximum absolute atomic E-state index is 12.9. The van der Waals surface area contributed by atoms with Crippen LogP contribution in [0.3, 0.4) is 0 Å². The Bertz CT molecular complexity index is 1030. The monoisotopic (exact) mass is 420 g/mol. The van der Waals surface area contributed by atoms with Crippen LogP contribution in [0.5, 0.6) is 0 Å². The van der Waals surface area contributed by atoms with E-state index in [0.29, 0.717) is 18.2 Å². The number of fused-ring (bicyclic) bond motifs is 1. The van der Waals surface area contributed by atoms with Gasteiger partial charge in [0, 0.05) is 13.1 Å². The van der Waals surface area contributed by atoms with Gasteiger partial charge in [0.1, 0.15) is 9.77 Å². The van der Waals surface area contributed by atoms with E-state index in [9.17, 15) is 22.8 Å². The Labute approximate surface area is 165 Å². The number of hydrogen-bond donors (Lipinski definition) is 0. The van der Waals surface area contributed by atoms with Crippen LogP contribution in [0, 0.1) is 0 Å². The van der Waals surface area contributed by atoms with E-state index in [1.165, 1.54) is 27.9 Å². The molecular formula is C18H16N2O6S2. The van der Waals surface area contributed by atoms with Crippen LogP contribution in [0.25, 0.3) is 0 Å². The summed E-state index contributed by atoms with van der Waals surface area (Å²) in [6.45, 7) is 0.788. The van der Waals surface area contributed by atoms with Crippen LogP contribution in [-0.2, 0) is 14.9 Å². The minimum Gasteiger partial charge on any atom is -0.323 e. The zero-order chi connectivity index (χ0) is 19.9. The van der Waals surface area contributed by atoms with Crippen molar-refractivity contribution in [3.63, 3.8) is 0 Å². The lowest BCUT2D eigenvalue weighted by Crippen LogP contribution is -2.36. The molecule has 28 heavy (non-hydrogen) atoms. The molecule has 1 saturated heterocycles. The maximum atomic E-state index is 12.9. The highest BCUT2D eigenvalue weighted by Crippen LogP contribution is 2.29. The van der Waals surface area contributed by atoms with Crippen LogP contribution in [0.15, 0.2) is 40.6 Å². The van der Waals surface area contributed by atoms with Gasteiger partial charge in [-0.25, -0.2) is 13.2 Å². The van der Waals surface area contributed by atoms with Crippen LogP contribution in [-0.4, -0.2) is 48.7 Å². The molecule has 0 radical (unpaired) electrons. The van der Waals surface area contributed by atoms with Gasteiger partial charge in [-0.15, -0.1) is 11.3 Å². The molecule has 1 fully saturated rings. The second-order valence-electron chi connectivity index (χ2n) is 6.41. The Hall–Kier alpha value is -2.56. The lowest BCUT2D eigenvalue weighted by Gasteiger charge is -2.25. The number of amides is 2. The van der Waals surface area contributed by atoms with Crippen LogP contribution in [0.2, 0.25) is 0 Å². The maximum Gasteiger partial charge on any atom is 0.375 e. The SMILES string of the molecule is O=C(ON1C(=O)c2ccccc2C1=O)c1sccc1S(=O)(=O)N1CCCCC1. The topological polar surface area (TPSA) is 101 Å². The van der Waals surface area contributed by atoms with Crippen LogP contribution in [0.4, 0.5) is 0 Å². The summed E-state index contributed by atoms with van der Waals surface area (Å²) in [7, 11) is -3.85. The van der Waals surface area contributed by atoms with E-state index in [1.807, 2.05) is 0 Å². The van der Waals surface area contributed by atoms with Crippen molar-refractivity contribution >= 4 is 39.1 Å². The molecule has 10 heteroatoms. The molecule has 2 aliphatic heterocycles. The number of hydrogen-bond acceptors (Lipinski definition) is 7. The Morgan fingerprint density at radius 1 is 0.964 bits per heavy atom. The van der Waals surface area contributed by atoms with Crippen molar-refractivity contribution in [1.29, 1.82) is 0 Å². The van der Waals surface area contributed by atoms with Crippen molar-refractivity contribution < 1.29 is 27.6 Å². The molecule has 0 bridgehead atoms. The summed E-state index contributed by atoms with van der Waals surface area (Å²) in [4.78, 5) is 42.0. The second-order valence-corrected chi connectivity index (χ2v) is 9.23. The molecule has 1 aromatic heterocycles. The molecule has 2 aliphatic rings. The summed E-state index contributed by atoms with van der Waals surface area (Å²) in [5, 5.41) is 1.85. The van der Waals surface area contributed by atoms with Crippen LogP contribution < -0.4 is 0 Å². The highest BCUT2D eigenvalue weighted by molar-refractivity contribution is 7.89. The molecule has 2 aromatic rings. The van der Waals surface area contributed by atoms with Crippen molar-refractivity contribution in [2.24, 2.45) is 0 Å². The van der Waals surface area contributed by atoms with Gasteiger partial charge in [-0.3, -0.25) is 9.59 Å². The highest BCUT2D eigenvalue weighted by Gasteiger charge is 2.40. The van der Waals surface area contributed by atoms with Gasteiger partial charge >= 0.3 is 5.97 Å². The Balaban J connectivity index is 1.59. The average Bonchev–Trinajstić information content (AvgIpc) is 3.30. The number of benzene rings is 1. The Morgan fingerprint density at radius 2 is 1.57 bits per heavy atom. The Morgan fingerprint density at radius 3 is 2.18 bits per heavy atom. The number of rotatable bonds is 4. The summed E-state index contributed by atoms with van der Waals surface area (Å²) < 4.78 is 27.1. The molecule has 146 valence electrons. The van der Waals surface area contributed by atoms with Crippen LogP contribution in [0.1, 0.15) is 49.7 Å². The molecule has 2 amide bonds. The molecule has 0 saturated carbocycles. The molecule has 4 rings (SSSR count). The van der Waals surface area contributed by atoms with Gasteiger partial charge < -0.3 is 4.84 Å². The summed E-state index contributed by atoms with van der Waals surface area (Å²) >= 11 is 0.889. The number of piperidine rings is 1. The Kier molecular flexibility index (Phi) is 4.77. The molecule has 8 nitrogen and oxygen atoms in total. The largest absolute Gasteiger partial charge is 0.375 e. The molecule has 0 unspecified atom stereocenters. The van der Waals surface area contributed by atoms with Crippen molar-refractivity contribution in [3.05, 3.63) is 51.7 Å². The standard InChI is InChI=1S/C18H16N2O6S2/c21-16-12-6-2-3-7-13(12)17(22)20(16)26-18(23)15-14(8-11-27-15)28(24,25)19-9-4-1-5-10-19/h2-3,6-8,11H,1,4-5,9-10H2. The first kappa shape index (κ1) is 18.8. The van der Waals surface area contributed by atoms with Gasteiger partial charge in [0.25, 0.3) is 11.8 Å². The third-order valence-corrected chi connectivity index (χ3v) is 7.64. The quantitative estimate of drug-likeness (QED) is 0.704. The second kappa shape index (κ2) is 7.12. The fourth-order valence-corrected chi connectivity index (χ4v) is 6.05. The number of hydroxylamine groups is 2. The third kappa shape index (κ3) is 3.03. The van der Waals surface area contributed by atoms with E-state index in [0.717, 1.165) is 30.6 Å². The minimum atomic E-state index is -3.85. The molecule has 0 N–H and O–H groups in total.